The van der Waals surface area contributed by atoms with Gasteiger partial charge in [-0.15, -0.1) is 0 Å². The summed E-state index contributed by atoms with van der Waals surface area (Å²) in [6.07, 6.45) is 4.31. The molecular weight excluding hydrogens is 150 g/mol. The molecule has 0 aliphatic heterocycles. The largest absolute Gasteiger partial charge is 0.330 e. The second-order valence-electron chi connectivity index (χ2n) is 4.88. The maximum absolute atomic E-state index is 11.5. The molecule has 0 unspecified atom stereocenters. The van der Waals surface area contributed by atoms with Crippen LogP contribution in [0.25, 0.3) is 0 Å². The molecule has 1 saturated carbocycles. The normalized spacial score (nSPS) is 25.9. The summed E-state index contributed by atoms with van der Waals surface area (Å²) in [6.45, 7) is 1.01. The van der Waals surface area contributed by atoms with Crippen LogP contribution in [-0.2, 0) is 4.79 Å². The number of nitrogens with zero attached hydrogens (tertiary/aromatic N) is 1. The zero-order chi connectivity index (χ0) is 9.19. The van der Waals surface area contributed by atoms with Gasteiger partial charge < -0.3 is 4.48 Å². The lowest BCUT2D eigenvalue weighted by molar-refractivity contribution is -0.872. The molecule has 12 heavy (non-hydrogen) atoms. The van der Waals surface area contributed by atoms with Gasteiger partial charge in [-0.05, 0) is 12.8 Å². The van der Waals surface area contributed by atoms with Crippen LogP contribution in [0.5, 0.6) is 0 Å². The molecule has 2 heteroatoms. The Balaban J connectivity index is 2.45. The lowest BCUT2D eigenvalue weighted by Crippen LogP contribution is -2.42. The highest BCUT2D eigenvalue weighted by molar-refractivity contribution is 5.81. The SMILES string of the molecule is C[N+](C)(C)C[C@H]1CCCCC1=O. The van der Waals surface area contributed by atoms with Crippen LogP contribution in [0, 0.1) is 5.92 Å². The van der Waals surface area contributed by atoms with E-state index in [4.69, 9.17) is 0 Å². The van der Waals surface area contributed by atoms with E-state index < -0.39 is 0 Å². The Morgan fingerprint density at radius 3 is 2.50 bits per heavy atom. The van der Waals surface area contributed by atoms with Crippen molar-refractivity contribution < 1.29 is 9.28 Å². The molecule has 70 valence electrons. The molecule has 0 N–H and O–H groups in total. The number of hydrogen-bond donors (Lipinski definition) is 0. The summed E-state index contributed by atoms with van der Waals surface area (Å²) < 4.78 is 0.913. The highest BCUT2D eigenvalue weighted by Gasteiger charge is 2.27. The summed E-state index contributed by atoms with van der Waals surface area (Å²) in [5.41, 5.74) is 0. The average Bonchev–Trinajstić information content (AvgIpc) is 1.91. The van der Waals surface area contributed by atoms with Gasteiger partial charge in [0.15, 0.2) is 0 Å². The molecule has 1 aliphatic carbocycles. The molecule has 0 aromatic carbocycles. The Bertz CT molecular complexity index is 169. The molecule has 1 atom stereocenters. The molecule has 2 nitrogen and oxygen atoms in total. The van der Waals surface area contributed by atoms with Gasteiger partial charge in [-0.3, -0.25) is 4.79 Å². The molecule has 0 bridgehead atoms. The first-order valence-corrected chi connectivity index (χ1v) is 4.82. The molecule has 0 radical (unpaired) electrons. The second kappa shape index (κ2) is 3.56. The molecule has 0 saturated heterocycles. The van der Waals surface area contributed by atoms with Crippen molar-refractivity contribution in [1.29, 1.82) is 0 Å². The smallest absolute Gasteiger partial charge is 0.141 e. The summed E-state index contributed by atoms with van der Waals surface area (Å²) >= 11 is 0. The zero-order valence-corrected chi connectivity index (χ0v) is 8.47. The van der Waals surface area contributed by atoms with E-state index in [0.717, 1.165) is 30.3 Å². The number of carbonyl (C=O) groups is 1. The molecule has 0 aromatic heterocycles. The van der Waals surface area contributed by atoms with E-state index >= 15 is 0 Å². The fourth-order valence-electron chi connectivity index (χ4n) is 1.91. The van der Waals surface area contributed by atoms with Crippen LogP contribution in [0.1, 0.15) is 25.7 Å². The molecule has 0 heterocycles. The predicted molar refractivity (Wildman–Crippen MR) is 49.9 cm³/mol. The van der Waals surface area contributed by atoms with E-state index in [-0.39, 0.29) is 0 Å². The van der Waals surface area contributed by atoms with Gasteiger partial charge in [0.1, 0.15) is 5.78 Å². The van der Waals surface area contributed by atoms with E-state index in [2.05, 4.69) is 21.1 Å². The van der Waals surface area contributed by atoms with Crippen molar-refractivity contribution in [3.63, 3.8) is 0 Å². The molecule has 0 amide bonds. The standard InChI is InChI=1S/C10H20NO/c1-11(2,3)8-9-6-4-5-7-10(9)12/h9H,4-8H2,1-3H3/q+1/t9-/m1/s1. The lowest BCUT2D eigenvalue weighted by atomic mass is 9.87. The summed E-state index contributed by atoms with van der Waals surface area (Å²) in [4.78, 5) is 11.5. The maximum atomic E-state index is 11.5. The third kappa shape index (κ3) is 2.94. The summed E-state index contributed by atoms with van der Waals surface area (Å²) in [7, 11) is 6.46. The minimum absolute atomic E-state index is 0.346. The summed E-state index contributed by atoms with van der Waals surface area (Å²) in [5, 5.41) is 0. The number of rotatable bonds is 2. The van der Waals surface area contributed by atoms with Gasteiger partial charge in [0, 0.05) is 6.42 Å². The minimum atomic E-state index is 0.346. The fraction of sp³-hybridized carbons (Fsp3) is 0.900. The van der Waals surface area contributed by atoms with Crippen molar-refractivity contribution in [1.82, 2.24) is 0 Å². The summed E-state index contributed by atoms with van der Waals surface area (Å²) in [6, 6.07) is 0. The van der Waals surface area contributed by atoms with Gasteiger partial charge in [-0.25, -0.2) is 0 Å². The average molecular weight is 170 g/mol. The van der Waals surface area contributed by atoms with Crippen molar-refractivity contribution in [3.05, 3.63) is 0 Å². The molecule has 1 aliphatic rings. The van der Waals surface area contributed by atoms with E-state index in [9.17, 15) is 4.79 Å². The van der Waals surface area contributed by atoms with Crippen LogP contribution in [0.2, 0.25) is 0 Å². The molecule has 1 fully saturated rings. The second-order valence-corrected chi connectivity index (χ2v) is 4.88. The van der Waals surface area contributed by atoms with E-state index in [1.165, 1.54) is 6.42 Å². The molecule has 0 aromatic rings. The van der Waals surface area contributed by atoms with Gasteiger partial charge in [-0.1, -0.05) is 6.42 Å². The monoisotopic (exact) mass is 170 g/mol. The Morgan fingerprint density at radius 1 is 1.33 bits per heavy atom. The van der Waals surface area contributed by atoms with Crippen molar-refractivity contribution in [2.24, 2.45) is 5.92 Å². The van der Waals surface area contributed by atoms with Crippen molar-refractivity contribution >= 4 is 5.78 Å². The zero-order valence-electron chi connectivity index (χ0n) is 8.47. The van der Waals surface area contributed by atoms with Gasteiger partial charge in [0.05, 0.1) is 33.6 Å². The Labute approximate surface area is 75.1 Å². The van der Waals surface area contributed by atoms with Crippen LogP contribution in [0.3, 0.4) is 0 Å². The molecule has 1 rings (SSSR count). The fourth-order valence-corrected chi connectivity index (χ4v) is 1.91. The van der Waals surface area contributed by atoms with Crippen LogP contribution in [0.4, 0.5) is 0 Å². The van der Waals surface area contributed by atoms with Gasteiger partial charge >= 0.3 is 0 Å². The van der Waals surface area contributed by atoms with Crippen molar-refractivity contribution in [3.8, 4) is 0 Å². The van der Waals surface area contributed by atoms with Crippen LogP contribution in [-0.4, -0.2) is 38.0 Å². The first kappa shape index (κ1) is 9.72. The Morgan fingerprint density at radius 2 is 2.00 bits per heavy atom. The number of carbonyl (C=O) groups excluding carboxylic acids is 1. The van der Waals surface area contributed by atoms with Crippen LogP contribution >= 0.6 is 0 Å². The first-order chi connectivity index (χ1) is 5.49. The van der Waals surface area contributed by atoms with E-state index in [1.807, 2.05) is 0 Å². The predicted octanol–water partition coefficient (Wildman–Crippen LogP) is 1.45. The van der Waals surface area contributed by atoms with E-state index in [1.54, 1.807) is 0 Å². The lowest BCUT2D eigenvalue weighted by Gasteiger charge is -2.30. The number of quaternary nitrogens is 1. The quantitative estimate of drug-likeness (QED) is 0.573. The maximum Gasteiger partial charge on any atom is 0.141 e. The topological polar surface area (TPSA) is 17.1 Å². The van der Waals surface area contributed by atoms with Crippen LogP contribution < -0.4 is 0 Å². The highest BCUT2D eigenvalue weighted by Crippen LogP contribution is 2.21. The third-order valence-electron chi connectivity index (χ3n) is 2.45. The van der Waals surface area contributed by atoms with E-state index in [0.29, 0.717) is 11.7 Å². The number of Topliss-reactive ketones (excluding diaryl/α,β-unsaturated/α-hetero) is 1. The Hall–Kier alpha value is -0.370. The minimum Gasteiger partial charge on any atom is -0.330 e. The number of hydrogen-bond acceptors (Lipinski definition) is 1. The van der Waals surface area contributed by atoms with Crippen LogP contribution in [0.15, 0.2) is 0 Å². The van der Waals surface area contributed by atoms with Crippen molar-refractivity contribution in [2.45, 2.75) is 25.7 Å². The first-order valence-electron chi connectivity index (χ1n) is 4.82. The Kier molecular flexibility index (Phi) is 2.89. The van der Waals surface area contributed by atoms with Gasteiger partial charge in [0.2, 0.25) is 0 Å². The molecular formula is C10H20NO+. The van der Waals surface area contributed by atoms with Crippen molar-refractivity contribution in [2.75, 3.05) is 27.7 Å². The highest BCUT2D eigenvalue weighted by atomic mass is 16.1. The third-order valence-corrected chi connectivity index (χ3v) is 2.45. The van der Waals surface area contributed by atoms with Gasteiger partial charge in [-0.2, -0.15) is 0 Å². The van der Waals surface area contributed by atoms with Gasteiger partial charge in [0.25, 0.3) is 0 Å². The number of ketones is 1. The summed E-state index contributed by atoms with van der Waals surface area (Å²) in [5.74, 6) is 0.841. The molecule has 0 spiro atoms.